The van der Waals surface area contributed by atoms with Crippen LogP contribution in [0.15, 0.2) is 30.5 Å². The van der Waals surface area contributed by atoms with Crippen molar-refractivity contribution in [2.75, 3.05) is 13.2 Å². The molecule has 140 valence electrons. The number of hydrogen-bond donors (Lipinski definition) is 0. The monoisotopic (exact) mass is 353 g/mol. The van der Waals surface area contributed by atoms with Crippen molar-refractivity contribution in [2.45, 2.75) is 53.5 Å². The number of hydrogen-bond acceptors (Lipinski definition) is 2. The summed E-state index contributed by atoms with van der Waals surface area (Å²) in [5, 5.41) is 1.11. The maximum absolute atomic E-state index is 13.3. The van der Waals surface area contributed by atoms with Gasteiger partial charge in [0.05, 0.1) is 0 Å². The molecule has 2 fully saturated rings. The highest BCUT2D eigenvalue weighted by atomic mass is 16.5. The van der Waals surface area contributed by atoms with Gasteiger partial charge in [0.15, 0.2) is 5.78 Å². The van der Waals surface area contributed by atoms with Crippen LogP contribution in [0.3, 0.4) is 0 Å². The second kappa shape index (κ2) is 6.23. The molecule has 2 heterocycles. The van der Waals surface area contributed by atoms with Crippen molar-refractivity contribution < 1.29 is 9.53 Å². The lowest BCUT2D eigenvalue weighted by Crippen LogP contribution is -2.17. The minimum Gasteiger partial charge on any atom is -0.381 e. The van der Waals surface area contributed by atoms with E-state index in [2.05, 4.69) is 56.7 Å². The van der Waals surface area contributed by atoms with Crippen LogP contribution in [-0.2, 0) is 11.3 Å². The Morgan fingerprint density at radius 3 is 2.42 bits per heavy atom. The van der Waals surface area contributed by atoms with Gasteiger partial charge in [0.2, 0.25) is 0 Å². The van der Waals surface area contributed by atoms with E-state index >= 15 is 0 Å². The lowest BCUT2D eigenvalue weighted by atomic mass is 9.97. The summed E-state index contributed by atoms with van der Waals surface area (Å²) in [5.74, 6) is 1.18. The fourth-order valence-electron chi connectivity index (χ4n) is 4.99. The quantitative estimate of drug-likeness (QED) is 0.681. The van der Waals surface area contributed by atoms with Gasteiger partial charge in [-0.3, -0.25) is 4.79 Å². The van der Waals surface area contributed by atoms with E-state index in [1.807, 2.05) is 6.07 Å². The van der Waals surface area contributed by atoms with Gasteiger partial charge >= 0.3 is 0 Å². The molecule has 0 unspecified atom stereocenters. The van der Waals surface area contributed by atoms with Gasteiger partial charge in [0.1, 0.15) is 0 Å². The Morgan fingerprint density at radius 1 is 1.12 bits per heavy atom. The number of fused-ring (bicyclic) bond motifs is 1. The molecule has 1 aromatic heterocycles. The number of ketones is 1. The molecule has 0 bridgehead atoms. The number of ether oxygens (including phenoxy) is 1. The van der Waals surface area contributed by atoms with E-state index < -0.39 is 0 Å². The van der Waals surface area contributed by atoms with Crippen LogP contribution < -0.4 is 0 Å². The Kier molecular flexibility index (Phi) is 4.26. The van der Waals surface area contributed by atoms with Crippen LogP contribution in [0.1, 0.15) is 57.3 Å². The molecule has 4 rings (SSSR count). The first-order valence-corrected chi connectivity index (χ1v) is 10.0. The number of aromatic nitrogens is 1. The third kappa shape index (κ3) is 2.72. The zero-order valence-electron chi connectivity index (χ0n) is 16.5. The van der Waals surface area contributed by atoms with Gasteiger partial charge in [0.25, 0.3) is 0 Å². The lowest BCUT2D eigenvalue weighted by Gasteiger charge is -2.22. The fraction of sp³-hybridized carbons (Fsp3) is 0.609. The van der Waals surface area contributed by atoms with Gasteiger partial charge in [-0.05, 0) is 42.1 Å². The van der Waals surface area contributed by atoms with Gasteiger partial charge in [0, 0.05) is 48.3 Å². The van der Waals surface area contributed by atoms with Crippen LogP contribution in [0.2, 0.25) is 0 Å². The topological polar surface area (TPSA) is 31.2 Å². The molecule has 0 radical (unpaired) electrons. The molecule has 0 atom stereocenters. The number of para-hydroxylation sites is 1. The Morgan fingerprint density at radius 2 is 1.77 bits per heavy atom. The standard InChI is InChI=1S/C23H31NO2/c1-22(2)21(23(22,3)4)20(25)18-15-24(19-8-6-5-7-17(18)19)12-9-16-10-13-26-14-11-16/h5-8,15-16,21H,9-14H2,1-4H3. The lowest BCUT2D eigenvalue weighted by molar-refractivity contribution is 0.0627. The van der Waals surface area contributed by atoms with E-state index in [9.17, 15) is 4.79 Å². The summed E-state index contributed by atoms with van der Waals surface area (Å²) < 4.78 is 7.78. The smallest absolute Gasteiger partial charge is 0.169 e. The van der Waals surface area contributed by atoms with Gasteiger partial charge in [-0.1, -0.05) is 45.9 Å². The van der Waals surface area contributed by atoms with Crippen LogP contribution >= 0.6 is 0 Å². The molecule has 2 aromatic rings. The largest absolute Gasteiger partial charge is 0.381 e. The first-order chi connectivity index (χ1) is 12.3. The van der Waals surface area contributed by atoms with E-state index in [1.165, 1.54) is 5.52 Å². The molecular weight excluding hydrogens is 322 g/mol. The molecule has 1 aromatic carbocycles. The van der Waals surface area contributed by atoms with E-state index in [0.29, 0.717) is 5.78 Å². The third-order valence-corrected chi connectivity index (χ3v) is 7.46. The SMILES string of the molecule is CC1(C)C(C(=O)c2cn(CCC3CCOCC3)c3ccccc23)C1(C)C. The van der Waals surface area contributed by atoms with Crippen LogP contribution in [0.5, 0.6) is 0 Å². The number of carbonyl (C=O) groups excluding carboxylic acids is 1. The van der Waals surface area contributed by atoms with Crippen LogP contribution in [0, 0.1) is 22.7 Å². The minimum absolute atomic E-state index is 0.0788. The first kappa shape index (κ1) is 17.8. The molecule has 1 saturated heterocycles. The summed E-state index contributed by atoms with van der Waals surface area (Å²) in [7, 11) is 0. The van der Waals surface area contributed by atoms with Crippen molar-refractivity contribution in [3.05, 3.63) is 36.0 Å². The second-order valence-electron chi connectivity index (χ2n) is 9.34. The Balaban J connectivity index is 1.61. The van der Waals surface area contributed by atoms with Crippen LogP contribution in [0.25, 0.3) is 10.9 Å². The zero-order valence-corrected chi connectivity index (χ0v) is 16.5. The fourth-order valence-corrected chi connectivity index (χ4v) is 4.99. The predicted octanol–water partition coefficient (Wildman–Crippen LogP) is 5.32. The molecule has 1 saturated carbocycles. The average molecular weight is 354 g/mol. The molecule has 26 heavy (non-hydrogen) atoms. The predicted molar refractivity (Wildman–Crippen MR) is 105 cm³/mol. The molecule has 0 amide bonds. The van der Waals surface area contributed by atoms with Crippen molar-refractivity contribution >= 4 is 16.7 Å². The molecule has 1 aliphatic heterocycles. The van der Waals surface area contributed by atoms with E-state index in [0.717, 1.165) is 55.9 Å². The summed E-state index contributed by atoms with van der Waals surface area (Å²) in [4.78, 5) is 13.3. The molecular formula is C23H31NO2. The molecule has 1 aliphatic carbocycles. The van der Waals surface area contributed by atoms with Crippen LogP contribution in [-0.4, -0.2) is 23.6 Å². The van der Waals surface area contributed by atoms with Crippen molar-refractivity contribution in [1.29, 1.82) is 0 Å². The van der Waals surface area contributed by atoms with E-state index in [-0.39, 0.29) is 16.7 Å². The molecule has 3 heteroatoms. The van der Waals surface area contributed by atoms with Crippen molar-refractivity contribution in [3.8, 4) is 0 Å². The maximum atomic E-state index is 13.3. The number of Topliss-reactive ketones (excluding diaryl/α,β-unsaturated/α-hetero) is 1. The highest BCUT2D eigenvalue weighted by molar-refractivity contribution is 6.11. The average Bonchev–Trinajstić information content (AvgIpc) is 2.91. The molecule has 2 aliphatic rings. The normalized spacial score (nSPS) is 22.6. The number of nitrogens with zero attached hydrogens (tertiary/aromatic N) is 1. The van der Waals surface area contributed by atoms with Gasteiger partial charge in [-0.25, -0.2) is 0 Å². The summed E-state index contributed by atoms with van der Waals surface area (Å²) in [5.41, 5.74) is 2.26. The van der Waals surface area contributed by atoms with E-state index in [1.54, 1.807) is 0 Å². The van der Waals surface area contributed by atoms with Gasteiger partial charge < -0.3 is 9.30 Å². The number of rotatable bonds is 5. The maximum Gasteiger partial charge on any atom is 0.169 e. The summed E-state index contributed by atoms with van der Waals surface area (Å²) in [6.07, 6.45) is 5.61. The number of aryl methyl sites for hydroxylation is 1. The summed E-state index contributed by atoms with van der Waals surface area (Å²) in [6, 6.07) is 8.38. The Bertz CT molecular complexity index is 810. The summed E-state index contributed by atoms with van der Waals surface area (Å²) in [6.45, 7) is 11.7. The van der Waals surface area contributed by atoms with E-state index in [4.69, 9.17) is 4.74 Å². The van der Waals surface area contributed by atoms with Crippen LogP contribution in [0.4, 0.5) is 0 Å². The second-order valence-corrected chi connectivity index (χ2v) is 9.34. The van der Waals surface area contributed by atoms with Crippen molar-refractivity contribution in [3.63, 3.8) is 0 Å². The summed E-state index contributed by atoms with van der Waals surface area (Å²) >= 11 is 0. The van der Waals surface area contributed by atoms with Crippen molar-refractivity contribution in [2.24, 2.45) is 22.7 Å². The minimum atomic E-state index is 0.0788. The molecule has 0 spiro atoms. The number of benzene rings is 1. The third-order valence-electron chi connectivity index (χ3n) is 7.46. The first-order valence-electron chi connectivity index (χ1n) is 10.0. The highest BCUT2D eigenvalue weighted by Gasteiger charge is 2.68. The van der Waals surface area contributed by atoms with Gasteiger partial charge in [-0.2, -0.15) is 0 Å². The van der Waals surface area contributed by atoms with Crippen molar-refractivity contribution in [1.82, 2.24) is 4.57 Å². The molecule has 0 N–H and O–H groups in total. The Hall–Kier alpha value is -1.61. The Labute approximate surface area is 156 Å². The molecule has 3 nitrogen and oxygen atoms in total. The number of carbonyl (C=O) groups is 1. The highest BCUT2D eigenvalue weighted by Crippen LogP contribution is 2.69. The van der Waals surface area contributed by atoms with Gasteiger partial charge in [-0.15, -0.1) is 0 Å². The zero-order chi connectivity index (χ0) is 18.5.